The van der Waals surface area contributed by atoms with E-state index in [-0.39, 0.29) is 0 Å². The maximum atomic E-state index is 5.88. The summed E-state index contributed by atoms with van der Waals surface area (Å²) < 4.78 is 0. The molecular formula is C10H15ClN2. The van der Waals surface area contributed by atoms with Gasteiger partial charge in [-0.2, -0.15) is 0 Å². The van der Waals surface area contributed by atoms with E-state index in [0.717, 1.165) is 24.4 Å². The Bertz CT molecular complexity index is 286. The van der Waals surface area contributed by atoms with Crippen LogP contribution < -0.4 is 0 Å². The van der Waals surface area contributed by atoms with Crippen LogP contribution in [0.1, 0.15) is 44.6 Å². The molecular weight excluding hydrogens is 184 g/mol. The van der Waals surface area contributed by atoms with E-state index < -0.39 is 0 Å². The van der Waals surface area contributed by atoms with Gasteiger partial charge in [0.2, 0.25) is 0 Å². The van der Waals surface area contributed by atoms with E-state index in [1.165, 1.54) is 0 Å². The second-order valence-corrected chi connectivity index (χ2v) is 3.58. The summed E-state index contributed by atoms with van der Waals surface area (Å²) in [5, 5.41) is 0.558. The number of halogens is 1. The van der Waals surface area contributed by atoms with Gasteiger partial charge in [0.15, 0.2) is 0 Å². The molecule has 2 nitrogen and oxygen atoms in total. The number of hydrogen-bond donors (Lipinski definition) is 0. The second kappa shape index (κ2) is 4.56. The Morgan fingerprint density at radius 1 is 1.38 bits per heavy atom. The molecule has 0 spiro atoms. The van der Waals surface area contributed by atoms with Crippen LogP contribution in [0.5, 0.6) is 0 Å². The smallest absolute Gasteiger partial charge is 0.133 e. The molecule has 1 aromatic rings. The number of aryl methyl sites for hydroxylation is 1. The van der Waals surface area contributed by atoms with E-state index in [0.29, 0.717) is 11.1 Å². The lowest BCUT2D eigenvalue weighted by Gasteiger charge is -2.08. The van der Waals surface area contributed by atoms with Crippen molar-refractivity contribution in [2.45, 2.75) is 39.5 Å². The Morgan fingerprint density at radius 2 is 2.08 bits per heavy atom. The van der Waals surface area contributed by atoms with Gasteiger partial charge in [-0.1, -0.05) is 32.4 Å². The molecule has 0 aliphatic rings. The summed E-state index contributed by atoms with van der Waals surface area (Å²) in [4.78, 5) is 8.55. The molecule has 0 aromatic carbocycles. The maximum absolute atomic E-state index is 5.88. The number of hydrogen-bond acceptors (Lipinski definition) is 2. The first-order valence-electron chi connectivity index (χ1n) is 4.70. The second-order valence-electron chi connectivity index (χ2n) is 3.19. The molecule has 1 atom stereocenters. The van der Waals surface area contributed by atoms with E-state index >= 15 is 0 Å². The Labute approximate surface area is 84.4 Å². The minimum absolute atomic E-state index is 0.464. The summed E-state index contributed by atoms with van der Waals surface area (Å²) in [7, 11) is 0. The van der Waals surface area contributed by atoms with Gasteiger partial charge in [0.25, 0.3) is 0 Å². The predicted molar refractivity (Wildman–Crippen MR) is 55.1 cm³/mol. The summed E-state index contributed by atoms with van der Waals surface area (Å²) in [5.74, 6) is 1.30. The molecule has 0 bridgehead atoms. The zero-order valence-corrected chi connectivity index (χ0v) is 9.10. The predicted octanol–water partition coefficient (Wildman–Crippen LogP) is 3.21. The molecule has 0 N–H and O–H groups in total. The van der Waals surface area contributed by atoms with Crippen LogP contribution in [0.15, 0.2) is 6.07 Å². The highest BCUT2D eigenvalue weighted by molar-refractivity contribution is 6.29. The van der Waals surface area contributed by atoms with Crippen molar-refractivity contribution in [1.82, 2.24) is 9.97 Å². The first-order valence-corrected chi connectivity index (χ1v) is 5.08. The molecule has 0 radical (unpaired) electrons. The van der Waals surface area contributed by atoms with E-state index in [1.807, 2.05) is 13.0 Å². The van der Waals surface area contributed by atoms with Gasteiger partial charge in [-0.3, -0.25) is 0 Å². The summed E-state index contributed by atoms with van der Waals surface area (Å²) >= 11 is 5.88. The summed E-state index contributed by atoms with van der Waals surface area (Å²) in [6.07, 6.45) is 1.92. The standard InChI is InChI=1S/C10H15ClN2/c1-4-7(3)8-6-9(11)13-10(5-2)12-8/h6-7H,4-5H2,1-3H3. The monoisotopic (exact) mass is 198 g/mol. The normalized spacial score (nSPS) is 12.9. The minimum atomic E-state index is 0.464. The topological polar surface area (TPSA) is 25.8 Å². The van der Waals surface area contributed by atoms with E-state index in [1.54, 1.807) is 0 Å². The zero-order chi connectivity index (χ0) is 9.84. The average molecular weight is 199 g/mol. The van der Waals surface area contributed by atoms with Crippen LogP contribution in [0.3, 0.4) is 0 Å². The van der Waals surface area contributed by atoms with Gasteiger partial charge >= 0.3 is 0 Å². The molecule has 0 saturated carbocycles. The lowest BCUT2D eigenvalue weighted by Crippen LogP contribution is -2.01. The van der Waals surface area contributed by atoms with Gasteiger partial charge in [0.05, 0.1) is 0 Å². The molecule has 0 amide bonds. The van der Waals surface area contributed by atoms with Crippen LogP contribution in [-0.4, -0.2) is 9.97 Å². The first-order chi connectivity index (χ1) is 6.17. The van der Waals surface area contributed by atoms with E-state index in [4.69, 9.17) is 11.6 Å². The van der Waals surface area contributed by atoms with Crippen molar-refractivity contribution < 1.29 is 0 Å². The van der Waals surface area contributed by atoms with Crippen molar-refractivity contribution in [2.75, 3.05) is 0 Å². The molecule has 0 saturated heterocycles. The molecule has 1 heterocycles. The summed E-state index contributed by atoms with van der Waals surface area (Å²) in [6.45, 7) is 6.33. The number of aromatic nitrogens is 2. The van der Waals surface area contributed by atoms with E-state index in [2.05, 4.69) is 23.8 Å². The van der Waals surface area contributed by atoms with Crippen molar-refractivity contribution in [3.63, 3.8) is 0 Å². The molecule has 13 heavy (non-hydrogen) atoms. The number of nitrogens with zero attached hydrogens (tertiary/aromatic N) is 2. The van der Waals surface area contributed by atoms with Crippen molar-refractivity contribution >= 4 is 11.6 Å². The third-order valence-corrected chi connectivity index (χ3v) is 2.39. The van der Waals surface area contributed by atoms with Crippen LogP contribution in [0, 0.1) is 0 Å². The van der Waals surface area contributed by atoms with Crippen LogP contribution in [0.25, 0.3) is 0 Å². The molecule has 1 aromatic heterocycles. The molecule has 72 valence electrons. The highest BCUT2D eigenvalue weighted by Gasteiger charge is 2.07. The summed E-state index contributed by atoms with van der Waals surface area (Å²) in [6, 6.07) is 1.86. The van der Waals surface area contributed by atoms with Gasteiger partial charge in [0.1, 0.15) is 11.0 Å². The van der Waals surface area contributed by atoms with Gasteiger partial charge in [-0.05, 0) is 18.4 Å². The first kappa shape index (κ1) is 10.5. The Balaban J connectivity index is 3.01. The average Bonchev–Trinajstić information content (AvgIpc) is 2.15. The molecule has 0 aliphatic heterocycles. The van der Waals surface area contributed by atoms with E-state index in [9.17, 15) is 0 Å². The molecule has 3 heteroatoms. The van der Waals surface area contributed by atoms with Crippen LogP contribution in [0.4, 0.5) is 0 Å². The van der Waals surface area contributed by atoms with Crippen molar-refractivity contribution in [2.24, 2.45) is 0 Å². The zero-order valence-electron chi connectivity index (χ0n) is 8.34. The fourth-order valence-corrected chi connectivity index (χ4v) is 1.31. The maximum Gasteiger partial charge on any atom is 0.133 e. The van der Waals surface area contributed by atoms with Crippen LogP contribution in [0.2, 0.25) is 5.15 Å². The quantitative estimate of drug-likeness (QED) is 0.698. The van der Waals surface area contributed by atoms with Crippen LogP contribution >= 0.6 is 11.6 Å². The molecule has 0 aliphatic carbocycles. The highest BCUT2D eigenvalue weighted by atomic mass is 35.5. The van der Waals surface area contributed by atoms with Crippen molar-refractivity contribution in [1.29, 1.82) is 0 Å². The SMILES string of the molecule is CCc1nc(Cl)cc(C(C)CC)n1. The lowest BCUT2D eigenvalue weighted by atomic mass is 10.1. The fraction of sp³-hybridized carbons (Fsp3) is 0.600. The van der Waals surface area contributed by atoms with Crippen molar-refractivity contribution in [3.05, 3.63) is 22.7 Å². The minimum Gasteiger partial charge on any atom is -0.238 e. The van der Waals surface area contributed by atoms with Gasteiger partial charge in [-0.15, -0.1) is 0 Å². The summed E-state index contributed by atoms with van der Waals surface area (Å²) in [5.41, 5.74) is 1.05. The van der Waals surface area contributed by atoms with Crippen LogP contribution in [-0.2, 0) is 6.42 Å². The van der Waals surface area contributed by atoms with Gasteiger partial charge in [-0.25, -0.2) is 9.97 Å². The fourth-order valence-electron chi connectivity index (χ4n) is 1.10. The van der Waals surface area contributed by atoms with Gasteiger partial charge < -0.3 is 0 Å². The Kier molecular flexibility index (Phi) is 3.67. The van der Waals surface area contributed by atoms with Crippen molar-refractivity contribution in [3.8, 4) is 0 Å². The molecule has 1 rings (SSSR count). The molecule has 0 fully saturated rings. The largest absolute Gasteiger partial charge is 0.238 e. The highest BCUT2D eigenvalue weighted by Crippen LogP contribution is 2.19. The lowest BCUT2D eigenvalue weighted by molar-refractivity contribution is 0.694. The third-order valence-electron chi connectivity index (χ3n) is 2.19. The molecule has 1 unspecified atom stereocenters. The Morgan fingerprint density at radius 3 is 2.62 bits per heavy atom. The third kappa shape index (κ3) is 2.66. The number of rotatable bonds is 3. The Hall–Kier alpha value is -0.630. The van der Waals surface area contributed by atoms with Gasteiger partial charge in [0, 0.05) is 12.1 Å².